The summed E-state index contributed by atoms with van der Waals surface area (Å²) >= 11 is 0. The quantitative estimate of drug-likeness (QED) is 0.422. The number of nitrogens with one attached hydrogen (secondary N) is 4. The molecule has 202 valence electrons. The van der Waals surface area contributed by atoms with Gasteiger partial charge in [0, 0.05) is 32.4 Å². The minimum atomic E-state index is -0.478. The number of nitrogens with zero attached hydrogens (tertiary/aromatic N) is 2. The molecule has 0 radical (unpaired) electrons. The fourth-order valence-electron chi connectivity index (χ4n) is 4.15. The fraction of sp³-hybridized carbons (Fsp3) is 0.556. The van der Waals surface area contributed by atoms with Crippen LogP contribution in [0.4, 0.5) is 16.2 Å². The number of benzene rings is 1. The number of rotatable bonds is 3. The van der Waals surface area contributed by atoms with Crippen LogP contribution in [0.5, 0.6) is 0 Å². The van der Waals surface area contributed by atoms with Crippen molar-refractivity contribution in [3.05, 3.63) is 47.4 Å². The zero-order chi connectivity index (χ0) is 26.3. The molecule has 2 amide bonds. The average Bonchev–Trinajstić information content (AvgIpc) is 2.90. The monoisotopic (exact) mass is 513 g/mol. The molecule has 0 saturated carbocycles. The van der Waals surface area contributed by atoms with Gasteiger partial charge in [-0.15, -0.1) is 0 Å². The van der Waals surface area contributed by atoms with Crippen LogP contribution in [0.25, 0.3) is 0 Å². The predicted molar refractivity (Wildman–Crippen MR) is 144 cm³/mol. The van der Waals surface area contributed by atoms with E-state index in [2.05, 4.69) is 31.2 Å². The molecule has 10 heteroatoms. The van der Waals surface area contributed by atoms with Gasteiger partial charge in [0.05, 0.1) is 6.04 Å². The van der Waals surface area contributed by atoms with Gasteiger partial charge in [-0.3, -0.25) is 9.59 Å². The molecule has 6 N–H and O–H groups in total. The van der Waals surface area contributed by atoms with E-state index in [1.165, 1.54) is 18.3 Å². The molecule has 0 saturated heterocycles. The van der Waals surface area contributed by atoms with Crippen LogP contribution in [0.2, 0.25) is 0 Å². The molecule has 0 unspecified atom stereocenters. The van der Waals surface area contributed by atoms with E-state index in [1.807, 2.05) is 0 Å². The fourth-order valence-corrected chi connectivity index (χ4v) is 4.15. The first-order chi connectivity index (χ1) is 18.0. The highest BCUT2D eigenvalue weighted by molar-refractivity contribution is 5.98. The number of anilines is 2. The van der Waals surface area contributed by atoms with E-state index in [0.29, 0.717) is 36.8 Å². The van der Waals surface area contributed by atoms with Crippen LogP contribution in [0.1, 0.15) is 80.1 Å². The van der Waals surface area contributed by atoms with E-state index in [-0.39, 0.29) is 24.2 Å². The first kappa shape index (κ1) is 28.3. The Morgan fingerprint density at radius 1 is 0.919 bits per heavy atom. The van der Waals surface area contributed by atoms with E-state index >= 15 is 0 Å². The number of aromatic nitrogens is 2. The Balaban J connectivity index is 1.61. The summed E-state index contributed by atoms with van der Waals surface area (Å²) in [7, 11) is 0. The molecular weight excluding hydrogens is 473 g/mol. The van der Waals surface area contributed by atoms with Crippen molar-refractivity contribution in [1.82, 2.24) is 20.6 Å². The molecule has 9 nitrogen and oxygen atoms in total. The Bertz CT molecular complexity index is 987. The van der Waals surface area contributed by atoms with Gasteiger partial charge in [-0.2, -0.15) is 4.98 Å². The third kappa shape index (κ3) is 10.3. The maximum absolute atomic E-state index is 13.2. The Morgan fingerprint density at radius 3 is 2.27 bits per heavy atom. The van der Waals surface area contributed by atoms with Gasteiger partial charge in [0.15, 0.2) is 0 Å². The highest BCUT2D eigenvalue weighted by atomic mass is 19.1. The van der Waals surface area contributed by atoms with E-state index in [0.717, 1.165) is 69.9 Å². The van der Waals surface area contributed by atoms with Crippen molar-refractivity contribution in [3.8, 4) is 0 Å². The number of hydrogen-bond acceptors (Lipinski definition) is 7. The van der Waals surface area contributed by atoms with E-state index in [9.17, 15) is 14.0 Å². The number of hydrogen-bond donors (Lipinski definition) is 5. The Labute approximate surface area is 218 Å². The zero-order valence-corrected chi connectivity index (χ0v) is 21.5. The molecule has 1 aromatic heterocycles. The van der Waals surface area contributed by atoms with Crippen molar-refractivity contribution >= 4 is 23.6 Å². The van der Waals surface area contributed by atoms with Crippen LogP contribution in [0.3, 0.4) is 0 Å². The third-order valence-electron chi connectivity index (χ3n) is 6.41. The van der Waals surface area contributed by atoms with Crippen molar-refractivity contribution in [2.75, 3.05) is 30.3 Å². The summed E-state index contributed by atoms with van der Waals surface area (Å²) in [6, 6.07) is 5.53. The summed E-state index contributed by atoms with van der Waals surface area (Å²) in [6.07, 6.45) is 11.2. The van der Waals surface area contributed by atoms with Crippen molar-refractivity contribution < 1.29 is 14.0 Å². The molecule has 3 rings (SSSR count). The smallest absolute Gasteiger partial charge is 0.256 e. The molecule has 0 fully saturated rings. The van der Waals surface area contributed by atoms with Crippen LogP contribution in [0, 0.1) is 5.82 Å². The van der Waals surface area contributed by atoms with Gasteiger partial charge >= 0.3 is 0 Å². The van der Waals surface area contributed by atoms with Gasteiger partial charge in [-0.25, -0.2) is 9.37 Å². The Hall–Kier alpha value is -3.27. The normalized spacial score (nSPS) is 18.9. The molecule has 1 aromatic carbocycles. The summed E-state index contributed by atoms with van der Waals surface area (Å²) in [5, 5.41) is 12.3. The van der Waals surface area contributed by atoms with Crippen LogP contribution in [0.15, 0.2) is 30.5 Å². The van der Waals surface area contributed by atoms with E-state index < -0.39 is 6.04 Å². The lowest BCUT2D eigenvalue weighted by Gasteiger charge is -2.14. The highest BCUT2D eigenvalue weighted by Gasteiger charge is 2.16. The molecular formula is C27H40FN7O2. The summed E-state index contributed by atoms with van der Waals surface area (Å²) in [6.45, 7) is 2.33. The Morgan fingerprint density at radius 2 is 1.54 bits per heavy atom. The number of carbonyl (C=O) groups is 2. The zero-order valence-electron chi connectivity index (χ0n) is 21.5. The largest absolute Gasteiger partial charge is 0.369 e. The van der Waals surface area contributed by atoms with E-state index in [1.54, 1.807) is 12.1 Å². The topological polar surface area (TPSA) is 134 Å². The van der Waals surface area contributed by atoms with Crippen LogP contribution < -0.4 is 27.0 Å². The van der Waals surface area contributed by atoms with Crippen molar-refractivity contribution in [3.63, 3.8) is 0 Å². The molecule has 2 bridgehead atoms. The van der Waals surface area contributed by atoms with Gasteiger partial charge in [0.2, 0.25) is 11.9 Å². The lowest BCUT2D eigenvalue weighted by Crippen LogP contribution is -2.40. The van der Waals surface area contributed by atoms with E-state index in [4.69, 9.17) is 5.73 Å². The second kappa shape index (κ2) is 15.8. The number of fused-ring (bicyclic) bond motifs is 2. The Kier molecular flexibility index (Phi) is 12.1. The third-order valence-corrected chi connectivity index (χ3v) is 6.41. The number of halogens is 1. The van der Waals surface area contributed by atoms with Crippen LogP contribution in [-0.2, 0) is 11.3 Å². The predicted octanol–water partition coefficient (Wildman–Crippen LogP) is 3.73. The van der Waals surface area contributed by atoms with Gasteiger partial charge in [-0.05, 0) is 43.4 Å². The average molecular weight is 514 g/mol. The molecule has 2 aromatic rings. The first-order valence-electron chi connectivity index (χ1n) is 13.4. The van der Waals surface area contributed by atoms with Crippen molar-refractivity contribution in [1.29, 1.82) is 0 Å². The second-order valence-corrected chi connectivity index (χ2v) is 9.49. The molecule has 1 aliphatic rings. The molecule has 2 heterocycles. The minimum Gasteiger partial charge on any atom is -0.369 e. The first-order valence-corrected chi connectivity index (χ1v) is 13.4. The standard InChI is InChI=1S/C27H40FN7O2/c28-21-13-11-20(12-14-21)18-33-25(36)22-19-34-27-32-17-8-4-2-1-3-7-16-31-26(37)23(29)10-6-5-9-15-30-24(22)35-27/h11-14,19,23H,1-10,15-18,29H2,(H,31,37)(H,33,36)(H2,30,32,34,35)/t23-/m0/s1. The number of nitrogens with two attached hydrogens (primary N) is 1. The number of carbonyl (C=O) groups excluding carboxylic acids is 2. The summed E-state index contributed by atoms with van der Waals surface area (Å²) < 4.78 is 13.2. The lowest BCUT2D eigenvalue weighted by molar-refractivity contribution is -0.122. The SMILES string of the molecule is N[C@H]1CCCCCNc2nc(ncc2C(=O)NCc2ccc(F)cc2)NCCCCCCCCNC1=O. The molecule has 0 aliphatic carbocycles. The molecule has 37 heavy (non-hydrogen) atoms. The molecule has 0 spiro atoms. The van der Waals surface area contributed by atoms with Gasteiger partial charge in [0.1, 0.15) is 17.2 Å². The highest BCUT2D eigenvalue weighted by Crippen LogP contribution is 2.16. The minimum absolute atomic E-state index is 0.0695. The van der Waals surface area contributed by atoms with Crippen molar-refractivity contribution in [2.24, 2.45) is 5.73 Å². The summed E-state index contributed by atoms with van der Waals surface area (Å²) in [5.41, 5.74) is 7.19. The number of amides is 2. The summed E-state index contributed by atoms with van der Waals surface area (Å²) in [5.74, 6) is 0.262. The molecule has 1 atom stereocenters. The summed E-state index contributed by atoms with van der Waals surface area (Å²) in [4.78, 5) is 34.0. The van der Waals surface area contributed by atoms with Gasteiger partial charge in [0.25, 0.3) is 5.91 Å². The van der Waals surface area contributed by atoms with Crippen LogP contribution >= 0.6 is 0 Å². The van der Waals surface area contributed by atoms with Gasteiger partial charge < -0.3 is 27.0 Å². The van der Waals surface area contributed by atoms with Crippen molar-refractivity contribution in [2.45, 2.75) is 76.8 Å². The van der Waals surface area contributed by atoms with Gasteiger partial charge in [-0.1, -0.05) is 50.7 Å². The maximum atomic E-state index is 13.2. The maximum Gasteiger partial charge on any atom is 0.256 e. The second-order valence-electron chi connectivity index (χ2n) is 9.49. The lowest BCUT2D eigenvalue weighted by atomic mass is 10.1. The molecule has 1 aliphatic heterocycles. The van der Waals surface area contributed by atoms with Crippen LogP contribution in [-0.4, -0.2) is 47.5 Å².